The lowest BCUT2D eigenvalue weighted by molar-refractivity contribution is 0.154. The minimum atomic E-state index is -0.379. The second-order valence-electron chi connectivity index (χ2n) is 5.05. The number of ether oxygens (including phenoxy) is 1. The summed E-state index contributed by atoms with van der Waals surface area (Å²) in [5, 5.41) is 2.80. The van der Waals surface area contributed by atoms with Crippen LogP contribution in [0.3, 0.4) is 0 Å². The Bertz CT molecular complexity index is 379. The lowest BCUT2D eigenvalue weighted by Crippen LogP contribution is -2.44. The highest BCUT2D eigenvalue weighted by Crippen LogP contribution is 2.08. The van der Waals surface area contributed by atoms with Gasteiger partial charge in [-0.1, -0.05) is 30.3 Å². The van der Waals surface area contributed by atoms with E-state index in [-0.39, 0.29) is 12.1 Å². The maximum Gasteiger partial charge on any atom is 0.407 e. The molecule has 4 heteroatoms. The molecule has 1 aromatic carbocycles. The average Bonchev–Trinajstić information content (AvgIpc) is 2.38. The van der Waals surface area contributed by atoms with Crippen molar-refractivity contribution in [2.75, 3.05) is 13.7 Å². The van der Waals surface area contributed by atoms with Crippen LogP contribution in [0.15, 0.2) is 30.3 Å². The fourth-order valence-corrected chi connectivity index (χ4v) is 1.93. The topological polar surface area (TPSA) is 41.6 Å². The van der Waals surface area contributed by atoms with Crippen LogP contribution in [0.25, 0.3) is 0 Å². The number of methoxy groups -OCH3 is 1. The summed E-state index contributed by atoms with van der Waals surface area (Å²) in [4.78, 5) is 13.5. The number of carbonyl (C=O) groups is 1. The van der Waals surface area contributed by atoms with Gasteiger partial charge in [-0.3, -0.25) is 4.90 Å². The number of alkyl carbamates (subject to hydrolysis) is 1. The number of rotatable bonds is 6. The lowest BCUT2D eigenvalue weighted by Gasteiger charge is -2.29. The first-order chi connectivity index (χ1) is 9.02. The minimum absolute atomic E-state index is 0.0542. The summed E-state index contributed by atoms with van der Waals surface area (Å²) in [7, 11) is 1.38. The monoisotopic (exact) mass is 264 g/mol. The zero-order valence-electron chi connectivity index (χ0n) is 12.2. The maximum atomic E-state index is 11.2. The van der Waals surface area contributed by atoms with Gasteiger partial charge in [0.15, 0.2) is 0 Å². The van der Waals surface area contributed by atoms with Gasteiger partial charge in [-0.05, 0) is 26.3 Å². The van der Waals surface area contributed by atoms with Gasteiger partial charge in [-0.25, -0.2) is 4.79 Å². The molecule has 1 aromatic rings. The third-order valence-electron chi connectivity index (χ3n) is 3.02. The molecule has 0 radical (unpaired) electrons. The zero-order valence-corrected chi connectivity index (χ0v) is 12.2. The summed E-state index contributed by atoms with van der Waals surface area (Å²) in [5.41, 5.74) is 1.28. The predicted octanol–water partition coefficient (Wildman–Crippen LogP) is 2.64. The van der Waals surface area contributed by atoms with E-state index in [4.69, 9.17) is 0 Å². The molecule has 1 atom stereocenters. The van der Waals surface area contributed by atoms with Gasteiger partial charge in [-0.2, -0.15) is 0 Å². The molecular formula is C15H24N2O2. The molecule has 0 aromatic heterocycles. The van der Waals surface area contributed by atoms with Crippen molar-refractivity contribution < 1.29 is 9.53 Å². The molecule has 0 heterocycles. The summed E-state index contributed by atoms with van der Waals surface area (Å²) in [5.74, 6) is 0. The Kier molecular flexibility index (Phi) is 6.36. The molecule has 4 nitrogen and oxygen atoms in total. The van der Waals surface area contributed by atoms with E-state index in [0.717, 1.165) is 13.1 Å². The van der Waals surface area contributed by atoms with Gasteiger partial charge in [0, 0.05) is 25.2 Å². The quantitative estimate of drug-likeness (QED) is 0.859. The van der Waals surface area contributed by atoms with Crippen LogP contribution in [-0.2, 0) is 11.3 Å². The van der Waals surface area contributed by atoms with Gasteiger partial charge in [0.25, 0.3) is 0 Å². The molecule has 1 rings (SSSR count). The Morgan fingerprint density at radius 2 is 1.89 bits per heavy atom. The van der Waals surface area contributed by atoms with Gasteiger partial charge in [0.2, 0.25) is 0 Å². The van der Waals surface area contributed by atoms with Crippen molar-refractivity contribution in [2.45, 2.75) is 39.4 Å². The third-order valence-corrected chi connectivity index (χ3v) is 3.02. The van der Waals surface area contributed by atoms with Gasteiger partial charge in [0.1, 0.15) is 0 Å². The third kappa shape index (κ3) is 5.75. The Balaban J connectivity index is 2.56. The van der Waals surface area contributed by atoms with Crippen LogP contribution < -0.4 is 5.32 Å². The van der Waals surface area contributed by atoms with Crippen LogP contribution >= 0.6 is 0 Å². The van der Waals surface area contributed by atoms with Crippen LogP contribution in [0.1, 0.15) is 26.3 Å². The van der Waals surface area contributed by atoms with E-state index in [9.17, 15) is 4.79 Å². The number of hydrogen-bond acceptors (Lipinski definition) is 3. The van der Waals surface area contributed by atoms with Crippen LogP contribution in [0, 0.1) is 0 Å². The molecule has 1 N–H and O–H groups in total. The fourth-order valence-electron chi connectivity index (χ4n) is 1.93. The largest absolute Gasteiger partial charge is 0.453 e. The molecule has 106 valence electrons. The fraction of sp³-hybridized carbons (Fsp3) is 0.533. The van der Waals surface area contributed by atoms with Crippen molar-refractivity contribution in [3.05, 3.63) is 35.9 Å². The van der Waals surface area contributed by atoms with E-state index in [2.05, 4.69) is 40.9 Å². The van der Waals surface area contributed by atoms with E-state index in [1.807, 2.05) is 25.1 Å². The first-order valence-corrected chi connectivity index (χ1v) is 6.65. The number of nitrogens with one attached hydrogen (secondary N) is 1. The van der Waals surface area contributed by atoms with Crippen LogP contribution in [0.5, 0.6) is 0 Å². The van der Waals surface area contributed by atoms with E-state index in [1.54, 1.807) is 0 Å². The Morgan fingerprint density at radius 3 is 2.42 bits per heavy atom. The average molecular weight is 264 g/mol. The Morgan fingerprint density at radius 1 is 1.26 bits per heavy atom. The van der Waals surface area contributed by atoms with Gasteiger partial charge < -0.3 is 10.1 Å². The van der Waals surface area contributed by atoms with Crippen LogP contribution in [-0.4, -0.2) is 36.7 Å². The van der Waals surface area contributed by atoms with Crippen molar-refractivity contribution in [3.63, 3.8) is 0 Å². The molecule has 0 saturated carbocycles. The van der Waals surface area contributed by atoms with Crippen molar-refractivity contribution in [2.24, 2.45) is 0 Å². The predicted molar refractivity (Wildman–Crippen MR) is 77.0 cm³/mol. The second kappa shape index (κ2) is 7.79. The van der Waals surface area contributed by atoms with Gasteiger partial charge in [-0.15, -0.1) is 0 Å². The number of nitrogens with zero attached hydrogens (tertiary/aromatic N) is 1. The molecule has 0 aliphatic rings. The molecular weight excluding hydrogens is 240 g/mol. The second-order valence-corrected chi connectivity index (χ2v) is 5.05. The molecule has 0 spiro atoms. The molecule has 19 heavy (non-hydrogen) atoms. The number of hydrogen-bond donors (Lipinski definition) is 1. The molecule has 1 unspecified atom stereocenters. The van der Waals surface area contributed by atoms with E-state index in [1.165, 1.54) is 12.7 Å². The summed E-state index contributed by atoms with van der Waals surface area (Å²) in [6.07, 6.45) is -0.379. The highest BCUT2D eigenvalue weighted by molar-refractivity contribution is 5.67. The smallest absolute Gasteiger partial charge is 0.407 e. The normalized spacial score (nSPS) is 12.5. The van der Waals surface area contributed by atoms with Crippen molar-refractivity contribution in [1.82, 2.24) is 10.2 Å². The number of amides is 1. The zero-order chi connectivity index (χ0) is 14.3. The van der Waals surface area contributed by atoms with E-state index >= 15 is 0 Å². The Labute approximate surface area is 115 Å². The lowest BCUT2D eigenvalue weighted by atomic mass is 10.1. The molecule has 0 saturated heterocycles. The number of benzene rings is 1. The molecule has 0 fully saturated rings. The van der Waals surface area contributed by atoms with Gasteiger partial charge in [0.05, 0.1) is 7.11 Å². The maximum absolute atomic E-state index is 11.2. The summed E-state index contributed by atoms with van der Waals surface area (Å²) >= 11 is 0. The summed E-state index contributed by atoms with van der Waals surface area (Å²) in [6.45, 7) is 7.98. The first kappa shape index (κ1) is 15.5. The number of carbonyl (C=O) groups excluding carboxylic acids is 1. The SMILES string of the molecule is COC(=O)NC(C)CN(Cc1ccccc1)C(C)C. The molecule has 1 amide bonds. The molecule has 0 bridgehead atoms. The highest BCUT2D eigenvalue weighted by atomic mass is 16.5. The van der Waals surface area contributed by atoms with E-state index < -0.39 is 0 Å². The van der Waals surface area contributed by atoms with Crippen molar-refractivity contribution >= 4 is 6.09 Å². The van der Waals surface area contributed by atoms with Gasteiger partial charge >= 0.3 is 6.09 Å². The summed E-state index contributed by atoms with van der Waals surface area (Å²) < 4.78 is 4.61. The standard InChI is InChI=1S/C15H24N2O2/c1-12(2)17(10-13(3)16-15(18)19-4)11-14-8-6-5-7-9-14/h5-9,12-13H,10-11H2,1-4H3,(H,16,18). The minimum Gasteiger partial charge on any atom is -0.453 e. The van der Waals surface area contributed by atoms with Crippen LogP contribution in [0.2, 0.25) is 0 Å². The Hall–Kier alpha value is -1.55. The van der Waals surface area contributed by atoms with E-state index in [0.29, 0.717) is 6.04 Å². The molecule has 0 aliphatic carbocycles. The van der Waals surface area contributed by atoms with Crippen molar-refractivity contribution in [3.8, 4) is 0 Å². The highest BCUT2D eigenvalue weighted by Gasteiger charge is 2.15. The molecule has 0 aliphatic heterocycles. The van der Waals surface area contributed by atoms with Crippen LogP contribution in [0.4, 0.5) is 4.79 Å². The summed E-state index contributed by atoms with van der Waals surface area (Å²) in [6, 6.07) is 10.8. The van der Waals surface area contributed by atoms with Crippen molar-refractivity contribution in [1.29, 1.82) is 0 Å². The first-order valence-electron chi connectivity index (χ1n) is 6.65.